The molecule has 0 atom stereocenters. The predicted molar refractivity (Wildman–Crippen MR) is 47.7 cm³/mol. The van der Waals surface area contributed by atoms with Crippen LogP contribution in [0.25, 0.3) is 10.9 Å². The molecule has 0 spiro atoms. The zero-order chi connectivity index (χ0) is 7.84. The van der Waals surface area contributed by atoms with Gasteiger partial charge in [0.2, 0.25) is 5.52 Å². The second-order valence-corrected chi connectivity index (χ2v) is 4.00. The molecular weight excluding hydrogens is 281 g/mol. The highest BCUT2D eigenvalue weighted by atomic mass is 127. The lowest BCUT2D eigenvalue weighted by molar-refractivity contribution is -0.573. The SMILES string of the molecule is Cc1s[n+](C)c2ccccc12.[I-]. The highest BCUT2D eigenvalue weighted by Crippen LogP contribution is 2.17. The number of hydrogen-bond acceptors (Lipinski definition) is 1. The Bertz CT molecular complexity index is 358. The highest BCUT2D eigenvalue weighted by Gasteiger charge is 2.10. The minimum Gasteiger partial charge on any atom is -1.00 e. The van der Waals surface area contributed by atoms with Gasteiger partial charge < -0.3 is 24.0 Å². The lowest BCUT2D eigenvalue weighted by atomic mass is 10.2. The molecular formula is C9H10INS. The Morgan fingerprint density at radius 3 is 2.58 bits per heavy atom. The summed E-state index contributed by atoms with van der Waals surface area (Å²) < 4.78 is 2.20. The van der Waals surface area contributed by atoms with E-state index in [1.54, 1.807) is 11.5 Å². The van der Waals surface area contributed by atoms with Gasteiger partial charge in [-0.05, 0) is 13.0 Å². The van der Waals surface area contributed by atoms with E-state index in [1.807, 2.05) is 0 Å². The van der Waals surface area contributed by atoms with Gasteiger partial charge in [0, 0.05) is 6.07 Å². The molecule has 0 aliphatic rings. The third-order valence-electron chi connectivity index (χ3n) is 1.90. The van der Waals surface area contributed by atoms with Gasteiger partial charge in [-0.2, -0.15) is 0 Å². The van der Waals surface area contributed by atoms with Crippen LogP contribution < -0.4 is 27.9 Å². The molecule has 0 saturated carbocycles. The van der Waals surface area contributed by atoms with Gasteiger partial charge in [-0.3, -0.25) is 0 Å². The van der Waals surface area contributed by atoms with Crippen LogP contribution in [0.2, 0.25) is 0 Å². The number of aromatic nitrogens is 1. The molecule has 2 aromatic rings. The summed E-state index contributed by atoms with van der Waals surface area (Å²) in [5.74, 6) is 0. The predicted octanol–water partition coefficient (Wildman–Crippen LogP) is -0.962. The maximum atomic E-state index is 2.20. The van der Waals surface area contributed by atoms with Crippen molar-refractivity contribution in [2.24, 2.45) is 7.05 Å². The van der Waals surface area contributed by atoms with Gasteiger partial charge >= 0.3 is 0 Å². The highest BCUT2D eigenvalue weighted by molar-refractivity contribution is 7.02. The monoisotopic (exact) mass is 291 g/mol. The van der Waals surface area contributed by atoms with Crippen molar-refractivity contribution in [1.29, 1.82) is 0 Å². The number of nitrogens with zero attached hydrogens (tertiary/aromatic N) is 1. The van der Waals surface area contributed by atoms with E-state index in [-0.39, 0.29) is 24.0 Å². The summed E-state index contributed by atoms with van der Waals surface area (Å²) in [6, 6.07) is 8.48. The molecule has 2 rings (SSSR count). The first-order chi connectivity index (χ1) is 5.29. The molecule has 0 amide bonds. The molecule has 64 valence electrons. The summed E-state index contributed by atoms with van der Waals surface area (Å²) in [5, 5.41) is 1.38. The average molecular weight is 291 g/mol. The van der Waals surface area contributed by atoms with Crippen LogP contribution >= 0.6 is 11.5 Å². The number of fused-ring (bicyclic) bond motifs is 1. The maximum Gasteiger partial charge on any atom is 0.227 e. The Balaban J connectivity index is 0.000000720. The van der Waals surface area contributed by atoms with Gasteiger partial charge in [-0.25, -0.2) is 0 Å². The van der Waals surface area contributed by atoms with Gasteiger partial charge in [-0.15, -0.1) is 3.96 Å². The Labute approximate surface area is 93.2 Å². The fourth-order valence-electron chi connectivity index (χ4n) is 1.35. The minimum absolute atomic E-state index is 0. The van der Waals surface area contributed by atoms with Crippen molar-refractivity contribution in [2.75, 3.05) is 0 Å². The molecule has 1 nitrogen and oxygen atoms in total. The molecule has 12 heavy (non-hydrogen) atoms. The summed E-state index contributed by atoms with van der Waals surface area (Å²) in [7, 11) is 2.10. The van der Waals surface area contributed by atoms with Crippen LogP contribution in [0.15, 0.2) is 24.3 Å². The Morgan fingerprint density at radius 1 is 1.25 bits per heavy atom. The van der Waals surface area contributed by atoms with Gasteiger partial charge in [0.1, 0.15) is 11.5 Å². The molecule has 1 aromatic heterocycles. The maximum absolute atomic E-state index is 2.20. The standard InChI is InChI=1S/C9H10NS.HI/c1-7-8-5-3-4-6-9(8)10(2)11-7;/h3-6H,1-2H3;1H/q+1;/p-1. The molecule has 0 N–H and O–H groups in total. The van der Waals surface area contributed by atoms with Crippen LogP contribution in [0, 0.1) is 6.92 Å². The Morgan fingerprint density at radius 2 is 1.92 bits per heavy atom. The molecule has 3 heteroatoms. The van der Waals surface area contributed by atoms with E-state index in [9.17, 15) is 0 Å². The molecule has 0 radical (unpaired) electrons. The van der Waals surface area contributed by atoms with E-state index in [2.05, 4.69) is 42.2 Å². The molecule has 0 saturated heterocycles. The van der Waals surface area contributed by atoms with E-state index in [4.69, 9.17) is 0 Å². The van der Waals surface area contributed by atoms with Crippen molar-refractivity contribution < 1.29 is 27.9 Å². The number of rotatable bonds is 0. The van der Waals surface area contributed by atoms with E-state index in [1.165, 1.54) is 15.8 Å². The summed E-state index contributed by atoms with van der Waals surface area (Å²) in [6.45, 7) is 2.16. The fourth-order valence-corrected chi connectivity index (χ4v) is 2.29. The molecule has 0 aliphatic heterocycles. The average Bonchev–Trinajstić information content (AvgIpc) is 2.30. The summed E-state index contributed by atoms with van der Waals surface area (Å²) in [4.78, 5) is 1.39. The molecule has 0 aliphatic carbocycles. The zero-order valence-electron chi connectivity index (χ0n) is 7.04. The van der Waals surface area contributed by atoms with Gasteiger partial charge in [-0.1, -0.05) is 12.1 Å². The van der Waals surface area contributed by atoms with Crippen LogP contribution in [0.3, 0.4) is 0 Å². The zero-order valence-corrected chi connectivity index (χ0v) is 10.0. The first-order valence-electron chi connectivity index (χ1n) is 3.63. The second-order valence-electron chi connectivity index (χ2n) is 2.66. The Hall–Kier alpha value is -0.160. The van der Waals surface area contributed by atoms with Crippen LogP contribution in [-0.2, 0) is 7.05 Å². The third-order valence-corrected chi connectivity index (χ3v) is 2.86. The van der Waals surface area contributed by atoms with E-state index >= 15 is 0 Å². The normalized spacial score (nSPS) is 9.83. The third kappa shape index (κ3) is 1.47. The van der Waals surface area contributed by atoms with Crippen LogP contribution in [0.4, 0.5) is 0 Å². The van der Waals surface area contributed by atoms with Gasteiger partial charge in [0.05, 0.1) is 10.3 Å². The van der Waals surface area contributed by atoms with Crippen molar-refractivity contribution in [3.63, 3.8) is 0 Å². The minimum atomic E-state index is 0. The number of benzene rings is 1. The van der Waals surface area contributed by atoms with Gasteiger partial charge in [0.25, 0.3) is 0 Å². The largest absolute Gasteiger partial charge is 1.00 e. The van der Waals surface area contributed by atoms with Crippen molar-refractivity contribution in [3.05, 3.63) is 29.1 Å². The smallest absolute Gasteiger partial charge is 0.227 e. The number of para-hydroxylation sites is 1. The van der Waals surface area contributed by atoms with Crippen molar-refractivity contribution >= 4 is 22.4 Å². The first-order valence-corrected chi connectivity index (χ1v) is 4.41. The second kappa shape index (κ2) is 3.70. The quantitative estimate of drug-likeness (QED) is 0.435. The molecule has 0 bridgehead atoms. The van der Waals surface area contributed by atoms with E-state index < -0.39 is 0 Å². The molecule has 0 unspecified atom stereocenters. The van der Waals surface area contributed by atoms with Crippen LogP contribution in [0.5, 0.6) is 0 Å². The van der Waals surface area contributed by atoms with Crippen molar-refractivity contribution in [1.82, 2.24) is 0 Å². The summed E-state index contributed by atoms with van der Waals surface area (Å²) in [5.41, 5.74) is 1.33. The number of hydrogen-bond donors (Lipinski definition) is 0. The van der Waals surface area contributed by atoms with Crippen molar-refractivity contribution in [2.45, 2.75) is 6.92 Å². The lowest BCUT2D eigenvalue weighted by Crippen LogP contribution is -3.00. The van der Waals surface area contributed by atoms with E-state index in [0.717, 1.165) is 0 Å². The number of aryl methyl sites for hydroxylation is 2. The lowest BCUT2D eigenvalue weighted by Gasteiger charge is -1.82. The topological polar surface area (TPSA) is 3.88 Å². The first kappa shape index (κ1) is 9.92. The molecule has 1 aromatic carbocycles. The van der Waals surface area contributed by atoms with Crippen molar-refractivity contribution in [3.8, 4) is 0 Å². The Kier molecular flexibility index (Phi) is 3.06. The van der Waals surface area contributed by atoms with Crippen LogP contribution in [0.1, 0.15) is 4.88 Å². The van der Waals surface area contributed by atoms with E-state index in [0.29, 0.717) is 0 Å². The molecule has 0 fully saturated rings. The molecule has 1 heterocycles. The van der Waals surface area contributed by atoms with Gasteiger partial charge in [0.15, 0.2) is 7.05 Å². The number of halogens is 1. The summed E-state index contributed by atoms with van der Waals surface area (Å²) >= 11 is 1.80. The fraction of sp³-hybridized carbons (Fsp3) is 0.222. The summed E-state index contributed by atoms with van der Waals surface area (Å²) in [6.07, 6.45) is 0. The van der Waals surface area contributed by atoms with Crippen LogP contribution in [-0.4, -0.2) is 0 Å².